The maximum Gasteiger partial charge on any atom is 0.225 e. The quantitative estimate of drug-likeness (QED) is 0.167. The van der Waals surface area contributed by atoms with E-state index < -0.39 is 23.9 Å². The van der Waals surface area contributed by atoms with Crippen LogP contribution in [0, 0.1) is 11.6 Å². The molecule has 0 aliphatic rings. The number of H-pyrrole nitrogens is 1. The molecule has 0 bridgehead atoms. The molecule has 1 unspecified atom stereocenters. The van der Waals surface area contributed by atoms with Gasteiger partial charge in [0.05, 0.1) is 18.2 Å². The average molecular weight is 543 g/mol. The number of amides is 1. The lowest BCUT2D eigenvalue weighted by Crippen LogP contribution is -2.32. The number of aromatic hydroxyl groups is 1. The SMILES string of the molecule is CNC(O)c1ccc(-c2cccnc2[C@H](Cc2cc(F)cc(F)c2)NC(=O)Cc2c[nH]c3ccc(O)cc23)cc1. The Morgan fingerprint density at radius 1 is 1.02 bits per heavy atom. The van der Waals surface area contributed by atoms with Crippen molar-refractivity contribution in [1.29, 1.82) is 0 Å². The highest BCUT2D eigenvalue weighted by atomic mass is 19.1. The van der Waals surface area contributed by atoms with Gasteiger partial charge in [0.2, 0.25) is 5.91 Å². The van der Waals surface area contributed by atoms with E-state index in [1.54, 1.807) is 55.8 Å². The fraction of sp³-hybridized carbons (Fsp3) is 0.161. The van der Waals surface area contributed by atoms with Crippen molar-refractivity contribution < 1.29 is 23.8 Å². The molecule has 1 amide bonds. The van der Waals surface area contributed by atoms with Crippen LogP contribution in [0.15, 0.2) is 85.2 Å². The Balaban J connectivity index is 1.49. The lowest BCUT2D eigenvalue weighted by molar-refractivity contribution is -0.121. The molecule has 0 aliphatic carbocycles. The van der Waals surface area contributed by atoms with Gasteiger partial charge in [-0.15, -0.1) is 0 Å². The number of aromatic amines is 1. The van der Waals surface area contributed by atoms with E-state index >= 15 is 0 Å². The Morgan fingerprint density at radius 3 is 2.50 bits per heavy atom. The van der Waals surface area contributed by atoms with Gasteiger partial charge in [0, 0.05) is 34.9 Å². The zero-order valence-electron chi connectivity index (χ0n) is 21.7. The van der Waals surface area contributed by atoms with Gasteiger partial charge in [-0.05, 0) is 72.1 Å². The molecule has 5 rings (SSSR count). The molecule has 0 aliphatic heterocycles. The number of aromatic nitrogens is 2. The number of phenols is 1. The van der Waals surface area contributed by atoms with Crippen LogP contribution in [0.4, 0.5) is 8.78 Å². The van der Waals surface area contributed by atoms with Crippen molar-refractivity contribution in [3.63, 3.8) is 0 Å². The minimum Gasteiger partial charge on any atom is -0.508 e. The Labute approximate surface area is 229 Å². The van der Waals surface area contributed by atoms with Crippen LogP contribution in [0.1, 0.15) is 34.7 Å². The third-order valence-corrected chi connectivity index (χ3v) is 6.78. The largest absolute Gasteiger partial charge is 0.508 e. The smallest absolute Gasteiger partial charge is 0.225 e. The van der Waals surface area contributed by atoms with E-state index in [1.807, 2.05) is 18.2 Å². The molecule has 7 nitrogen and oxygen atoms in total. The van der Waals surface area contributed by atoms with Crippen LogP contribution in [-0.4, -0.2) is 33.1 Å². The van der Waals surface area contributed by atoms with Gasteiger partial charge < -0.3 is 20.5 Å². The number of rotatable bonds is 9. The molecular weight excluding hydrogens is 514 g/mol. The predicted molar refractivity (Wildman–Crippen MR) is 148 cm³/mol. The minimum atomic E-state index is -0.816. The molecule has 2 heterocycles. The zero-order chi connectivity index (χ0) is 28.2. The Hall–Kier alpha value is -4.60. The highest BCUT2D eigenvalue weighted by Gasteiger charge is 2.22. The summed E-state index contributed by atoms with van der Waals surface area (Å²) in [4.78, 5) is 21.0. The first-order valence-corrected chi connectivity index (χ1v) is 12.7. The summed E-state index contributed by atoms with van der Waals surface area (Å²) < 4.78 is 28.1. The van der Waals surface area contributed by atoms with Crippen molar-refractivity contribution in [2.24, 2.45) is 0 Å². The van der Waals surface area contributed by atoms with Crippen molar-refractivity contribution in [2.75, 3.05) is 7.05 Å². The first kappa shape index (κ1) is 27.0. The van der Waals surface area contributed by atoms with Crippen molar-refractivity contribution in [3.05, 3.63) is 119 Å². The van der Waals surface area contributed by atoms with Gasteiger partial charge >= 0.3 is 0 Å². The molecule has 5 N–H and O–H groups in total. The van der Waals surface area contributed by atoms with E-state index in [9.17, 15) is 23.8 Å². The van der Waals surface area contributed by atoms with Gasteiger partial charge in [0.1, 0.15) is 23.6 Å². The molecule has 2 aromatic heterocycles. The molecule has 0 saturated heterocycles. The number of phenolic OH excluding ortho intramolecular Hbond substituents is 1. The zero-order valence-corrected chi connectivity index (χ0v) is 21.7. The van der Waals surface area contributed by atoms with Gasteiger partial charge in [-0.1, -0.05) is 30.3 Å². The minimum absolute atomic E-state index is 0.0102. The number of benzene rings is 3. The molecule has 3 aromatic carbocycles. The van der Waals surface area contributed by atoms with E-state index in [-0.39, 0.29) is 24.5 Å². The molecule has 0 saturated carbocycles. The predicted octanol–water partition coefficient (Wildman–Crippen LogP) is 5.07. The number of fused-ring (bicyclic) bond motifs is 1. The Kier molecular flexibility index (Phi) is 7.86. The molecule has 5 aromatic rings. The Bertz CT molecular complexity index is 1630. The van der Waals surface area contributed by atoms with Crippen LogP contribution in [0.2, 0.25) is 0 Å². The number of pyridine rings is 1. The lowest BCUT2D eigenvalue weighted by atomic mass is 9.94. The summed E-state index contributed by atoms with van der Waals surface area (Å²) in [5.74, 6) is -1.65. The maximum atomic E-state index is 14.1. The number of aliphatic hydroxyl groups is 1. The van der Waals surface area contributed by atoms with Gasteiger partial charge in [0.15, 0.2) is 0 Å². The summed E-state index contributed by atoms with van der Waals surface area (Å²) in [5, 5.41) is 26.5. The number of halogens is 2. The monoisotopic (exact) mass is 542 g/mol. The fourth-order valence-corrected chi connectivity index (χ4v) is 4.86. The van der Waals surface area contributed by atoms with E-state index in [4.69, 9.17) is 0 Å². The molecule has 2 atom stereocenters. The topological polar surface area (TPSA) is 110 Å². The summed E-state index contributed by atoms with van der Waals surface area (Å²) in [7, 11) is 1.65. The summed E-state index contributed by atoms with van der Waals surface area (Å²) >= 11 is 0. The van der Waals surface area contributed by atoms with Gasteiger partial charge in [-0.3, -0.25) is 15.1 Å². The summed E-state index contributed by atoms with van der Waals surface area (Å²) in [6.45, 7) is 0. The highest BCUT2D eigenvalue weighted by Crippen LogP contribution is 2.30. The molecule has 9 heteroatoms. The van der Waals surface area contributed by atoms with Crippen molar-refractivity contribution in [2.45, 2.75) is 25.1 Å². The van der Waals surface area contributed by atoms with Crippen LogP contribution >= 0.6 is 0 Å². The van der Waals surface area contributed by atoms with Gasteiger partial charge in [0.25, 0.3) is 0 Å². The molecule has 0 fully saturated rings. The third-order valence-electron chi connectivity index (χ3n) is 6.78. The Morgan fingerprint density at radius 2 is 1.77 bits per heavy atom. The van der Waals surface area contributed by atoms with Gasteiger partial charge in [-0.25, -0.2) is 8.78 Å². The number of carbonyl (C=O) groups is 1. The second-order valence-electron chi connectivity index (χ2n) is 9.57. The normalized spacial score (nSPS) is 12.8. The highest BCUT2D eigenvalue weighted by molar-refractivity contribution is 5.90. The van der Waals surface area contributed by atoms with Crippen LogP contribution in [0.5, 0.6) is 5.75 Å². The van der Waals surface area contributed by atoms with E-state index in [0.717, 1.165) is 28.1 Å². The standard InChI is InChI=1S/C31H28F2N4O3/c1-34-31(40)20-6-4-19(5-7-20)25-3-2-10-35-30(25)28(13-18-11-22(32)15-23(33)12-18)37-29(39)14-21-17-36-27-9-8-24(38)16-26(21)27/h2-12,15-17,28,31,34,36,38,40H,13-14H2,1H3,(H,37,39)/t28-,31?/m0/s1. The number of carbonyl (C=O) groups excluding carboxylic acids is 1. The number of hydrogen-bond acceptors (Lipinski definition) is 5. The average Bonchev–Trinajstić information content (AvgIpc) is 3.33. The number of hydrogen-bond donors (Lipinski definition) is 5. The number of aliphatic hydroxyl groups excluding tert-OH is 1. The molecular formula is C31H28F2N4O3. The second-order valence-corrected chi connectivity index (χ2v) is 9.57. The molecule has 204 valence electrons. The van der Waals surface area contributed by atoms with Crippen LogP contribution in [0.25, 0.3) is 22.0 Å². The first-order valence-electron chi connectivity index (χ1n) is 12.7. The summed E-state index contributed by atoms with van der Waals surface area (Å²) in [6.07, 6.45) is 2.61. The van der Waals surface area contributed by atoms with E-state index in [2.05, 4.69) is 20.6 Å². The van der Waals surface area contributed by atoms with Crippen LogP contribution in [0.3, 0.4) is 0 Å². The molecule has 0 spiro atoms. The van der Waals surface area contributed by atoms with Crippen molar-refractivity contribution >= 4 is 16.8 Å². The lowest BCUT2D eigenvalue weighted by Gasteiger charge is -2.22. The third kappa shape index (κ3) is 6.01. The second kappa shape index (κ2) is 11.6. The maximum absolute atomic E-state index is 14.1. The summed E-state index contributed by atoms with van der Waals surface area (Å²) in [5.41, 5.74) is 4.58. The van der Waals surface area contributed by atoms with Crippen LogP contribution in [-0.2, 0) is 17.6 Å². The molecule has 0 radical (unpaired) electrons. The van der Waals surface area contributed by atoms with Crippen molar-refractivity contribution in [3.8, 4) is 16.9 Å². The fourth-order valence-electron chi connectivity index (χ4n) is 4.86. The van der Waals surface area contributed by atoms with E-state index in [1.165, 1.54) is 12.1 Å². The van der Waals surface area contributed by atoms with E-state index in [0.29, 0.717) is 22.4 Å². The summed E-state index contributed by atoms with van der Waals surface area (Å²) in [6, 6.07) is 18.3. The number of nitrogens with one attached hydrogen (secondary N) is 3. The van der Waals surface area contributed by atoms with Crippen LogP contribution < -0.4 is 10.6 Å². The van der Waals surface area contributed by atoms with Gasteiger partial charge in [-0.2, -0.15) is 0 Å². The van der Waals surface area contributed by atoms with Crippen molar-refractivity contribution in [1.82, 2.24) is 20.6 Å². The molecule has 40 heavy (non-hydrogen) atoms. The number of nitrogens with zero attached hydrogens (tertiary/aromatic N) is 1. The first-order chi connectivity index (χ1) is 19.3.